The number of nitrogens with zero attached hydrogens (tertiary/aromatic N) is 2. The van der Waals surface area contributed by atoms with E-state index in [0.717, 1.165) is 28.1 Å². The molecule has 3 aromatic rings. The molecule has 1 aromatic carbocycles. The largest absolute Gasteiger partial charge is 0.337 e. The van der Waals surface area contributed by atoms with Crippen molar-refractivity contribution < 1.29 is 0 Å². The number of fused-ring (bicyclic) bond motifs is 1. The Morgan fingerprint density at radius 2 is 2.06 bits per heavy atom. The van der Waals surface area contributed by atoms with Gasteiger partial charge in [0.2, 0.25) is 0 Å². The van der Waals surface area contributed by atoms with Crippen molar-refractivity contribution in [1.82, 2.24) is 15.0 Å². The molecule has 3 rings (SSSR count). The van der Waals surface area contributed by atoms with E-state index in [4.69, 9.17) is 0 Å². The van der Waals surface area contributed by atoms with E-state index in [-0.39, 0.29) is 0 Å². The zero-order valence-electron chi connectivity index (χ0n) is 9.24. The van der Waals surface area contributed by atoms with Crippen LogP contribution in [0.15, 0.2) is 36.5 Å². The van der Waals surface area contributed by atoms with E-state index in [1.165, 1.54) is 3.57 Å². The minimum atomic E-state index is 0.769. The van der Waals surface area contributed by atoms with Crippen molar-refractivity contribution in [3.05, 3.63) is 45.7 Å². The zero-order chi connectivity index (χ0) is 11.8. The van der Waals surface area contributed by atoms with Crippen molar-refractivity contribution >= 4 is 33.8 Å². The predicted octanol–water partition coefficient (Wildman–Crippen LogP) is 3.54. The Morgan fingerprint density at radius 1 is 1.24 bits per heavy atom. The highest BCUT2D eigenvalue weighted by atomic mass is 127. The fourth-order valence-corrected chi connectivity index (χ4v) is 2.43. The molecule has 0 spiro atoms. The van der Waals surface area contributed by atoms with Gasteiger partial charge < -0.3 is 4.98 Å². The van der Waals surface area contributed by atoms with Gasteiger partial charge >= 0.3 is 0 Å². The third-order valence-corrected chi connectivity index (χ3v) is 3.54. The molecule has 0 saturated heterocycles. The summed E-state index contributed by atoms with van der Waals surface area (Å²) < 4.78 is 1.18. The quantitative estimate of drug-likeness (QED) is 0.691. The second kappa shape index (κ2) is 4.10. The number of halogens is 1. The number of aromatic nitrogens is 3. The Balaban J connectivity index is 2.22. The molecule has 4 heteroatoms. The molecule has 0 fully saturated rings. The number of rotatable bonds is 1. The second-order valence-electron chi connectivity index (χ2n) is 3.95. The van der Waals surface area contributed by atoms with Gasteiger partial charge in [-0.2, -0.15) is 0 Å². The summed E-state index contributed by atoms with van der Waals surface area (Å²) in [6.45, 7) is 2.03. The van der Waals surface area contributed by atoms with Crippen LogP contribution in [0, 0.1) is 10.5 Å². The molecule has 0 amide bonds. The number of nitrogens with one attached hydrogen (secondary N) is 1. The van der Waals surface area contributed by atoms with Gasteiger partial charge in [-0.3, -0.25) is 0 Å². The molecule has 0 aliphatic heterocycles. The van der Waals surface area contributed by atoms with Crippen LogP contribution in [0.25, 0.3) is 22.6 Å². The first-order chi connectivity index (χ1) is 8.24. The lowest BCUT2D eigenvalue weighted by Crippen LogP contribution is -1.83. The molecular formula is C13H10IN3. The lowest BCUT2D eigenvalue weighted by molar-refractivity contribution is 1.28. The highest BCUT2D eigenvalue weighted by Crippen LogP contribution is 2.24. The number of H-pyrrole nitrogens is 1. The van der Waals surface area contributed by atoms with E-state index in [1.54, 1.807) is 0 Å². The van der Waals surface area contributed by atoms with Crippen LogP contribution in [-0.4, -0.2) is 15.0 Å². The molecule has 0 saturated carbocycles. The number of hydrogen-bond donors (Lipinski definition) is 1. The van der Waals surface area contributed by atoms with Gasteiger partial charge in [-0.15, -0.1) is 0 Å². The normalized spacial score (nSPS) is 10.9. The maximum absolute atomic E-state index is 4.51. The van der Waals surface area contributed by atoms with Crippen molar-refractivity contribution in [2.75, 3.05) is 0 Å². The maximum Gasteiger partial charge on any atom is 0.178 e. The summed E-state index contributed by atoms with van der Waals surface area (Å²) in [5.41, 5.74) is 4.00. The third-order valence-electron chi connectivity index (χ3n) is 2.60. The van der Waals surface area contributed by atoms with Crippen LogP contribution in [0.3, 0.4) is 0 Å². The molecule has 17 heavy (non-hydrogen) atoms. The molecule has 0 unspecified atom stereocenters. The Morgan fingerprint density at radius 3 is 2.88 bits per heavy atom. The number of imidazole rings is 1. The minimum Gasteiger partial charge on any atom is -0.337 e. The van der Waals surface area contributed by atoms with Crippen molar-refractivity contribution in [3.8, 4) is 11.4 Å². The maximum atomic E-state index is 4.51. The highest BCUT2D eigenvalue weighted by Gasteiger charge is 2.08. The van der Waals surface area contributed by atoms with E-state index >= 15 is 0 Å². The molecule has 0 aliphatic carbocycles. The van der Waals surface area contributed by atoms with Crippen LogP contribution < -0.4 is 0 Å². The number of hydrogen-bond acceptors (Lipinski definition) is 2. The first-order valence-electron chi connectivity index (χ1n) is 5.31. The van der Waals surface area contributed by atoms with Gasteiger partial charge in [-0.25, -0.2) is 9.97 Å². The van der Waals surface area contributed by atoms with Crippen LogP contribution in [-0.2, 0) is 0 Å². The first-order valence-corrected chi connectivity index (χ1v) is 6.39. The van der Waals surface area contributed by atoms with Crippen molar-refractivity contribution in [3.63, 3.8) is 0 Å². The Bertz CT molecular complexity index is 688. The summed E-state index contributed by atoms with van der Waals surface area (Å²) in [6, 6.07) is 10.2. The van der Waals surface area contributed by atoms with Crippen LogP contribution in [0.1, 0.15) is 5.56 Å². The highest BCUT2D eigenvalue weighted by molar-refractivity contribution is 14.1. The predicted molar refractivity (Wildman–Crippen MR) is 76.8 cm³/mol. The first kappa shape index (κ1) is 10.7. The van der Waals surface area contributed by atoms with E-state index in [9.17, 15) is 0 Å². The molecule has 0 aliphatic rings. The van der Waals surface area contributed by atoms with E-state index in [0.29, 0.717) is 0 Å². The summed E-state index contributed by atoms with van der Waals surface area (Å²) >= 11 is 2.31. The summed E-state index contributed by atoms with van der Waals surface area (Å²) in [7, 11) is 0. The zero-order valence-corrected chi connectivity index (χ0v) is 11.4. The molecular weight excluding hydrogens is 325 g/mol. The summed E-state index contributed by atoms with van der Waals surface area (Å²) in [5.74, 6) is 0.878. The van der Waals surface area contributed by atoms with Gasteiger partial charge in [0.1, 0.15) is 5.82 Å². The van der Waals surface area contributed by atoms with Gasteiger partial charge in [-0.05, 0) is 47.2 Å². The summed E-state index contributed by atoms with van der Waals surface area (Å²) in [6.07, 6.45) is 1.84. The van der Waals surface area contributed by atoms with Gasteiger partial charge in [0.25, 0.3) is 0 Å². The summed E-state index contributed by atoms with van der Waals surface area (Å²) in [5, 5.41) is 0. The molecule has 1 N–H and O–H groups in total. The lowest BCUT2D eigenvalue weighted by atomic mass is 10.2. The molecule has 2 heterocycles. The number of pyridine rings is 1. The molecule has 0 atom stereocenters. The smallest absolute Gasteiger partial charge is 0.178 e. The fourth-order valence-electron chi connectivity index (χ4n) is 1.79. The fraction of sp³-hybridized carbons (Fsp3) is 0.0769. The van der Waals surface area contributed by atoms with Gasteiger partial charge in [0, 0.05) is 15.3 Å². The Hall–Kier alpha value is -1.43. The second-order valence-corrected chi connectivity index (χ2v) is 5.11. The summed E-state index contributed by atoms with van der Waals surface area (Å²) in [4.78, 5) is 12.1. The Kier molecular flexibility index (Phi) is 2.58. The van der Waals surface area contributed by atoms with E-state index in [2.05, 4.69) is 55.7 Å². The average molecular weight is 335 g/mol. The van der Waals surface area contributed by atoms with Crippen LogP contribution in [0.2, 0.25) is 0 Å². The van der Waals surface area contributed by atoms with E-state index in [1.807, 2.05) is 25.3 Å². The van der Waals surface area contributed by atoms with Crippen LogP contribution in [0.4, 0.5) is 0 Å². The topological polar surface area (TPSA) is 41.6 Å². The lowest BCUT2D eigenvalue weighted by Gasteiger charge is -1.98. The molecule has 3 nitrogen and oxygen atoms in total. The third kappa shape index (κ3) is 1.93. The van der Waals surface area contributed by atoms with Crippen molar-refractivity contribution in [2.45, 2.75) is 6.92 Å². The molecule has 2 aromatic heterocycles. The molecule has 0 radical (unpaired) electrons. The van der Waals surface area contributed by atoms with Gasteiger partial charge in [-0.1, -0.05) is 18.2 Å². The monoisotopic (exact) mass is 335 g/mol. The number of aryl methyl sites for hydroxylation is 1. The van der Waals surface area contributed by atoms with Crippen LogP contribution in [0.5, 0.6) is 0 Å². The number of aromatic amines is 1. The molecule has 84 valence electrons. The van der Waals surface area contributed by atoms with E-state index < -0.39 is 0 Å². The Labute approximate surface area is 112 Å². The van der Waals surface area contributed by atoms with Gasteiger partial charge in [0.15, 0.2) is 5.65 Å². The van der Waals surface area contributed by atoms with Crippen molar-refractivity contribution in [2.24, 2.45) is 0 Å². The SMILES string of the molecule is Cc1cnc2nc(-c3ccccc3I)[nH]c2c1. The average Bonchev–Trinajstić information content (AvgIpc) is 2.72. The van der Waals surface area contributed by atoms with Gasteiger partial charge in [0.05, 0.1) is 5.52 Å². The minimum absolute atomic E-state index is 0.769. The standard InChI is InChI=1S/C13H10IN3/c1-8-6-11-13(15-7-8)17-12(16-11)9-4-2-3-5-10(9)14/h2-7H,1H3,(H,15,16,17). The molecule has 0 bridgehead atoms. The van der Waals surface area contributed by atoms with Crippen LogP contribution >= 0.6 is 22.6 Å². The van der Waals surface area contributed by atoms with Crippen molar-refractivity contribution in [1.29, 1.82) is 0 Å². The number of benzene rings is 1.